The molecule has 1 saturated heterocycles. The van der Waals surface area contributed by atoms with E-state index >= 15 is 0 Å². The Hall–Kier alpha value is -4.61. The third-order valence-electron chi connectivity index (χ3n) is 6.39. The highest BCUT2D eigenvalue weighted by Gasteiger charge is 2.36. The van der Waals surface area contributed by atoms with E-state index in [0.29, 0.717) is 38.4 Å². The molecule has 11 heteroatoms. The quantitative estimate of drug-likeness (QED) is 0.146. The van der Waals surface area contributed by atoms with Crippen LogP contribution in [-0.2, 0) is 22.8 Å². The van der Waals surface area contributed by atoms with Gasteiger partial charge in [-0.2, -0.15) is 0 Å². The van der Waals surface area contributed by atoms with Crippen molar-refractivity contribution in [2.24, 2.45) is 0 Å². The zero-order chi connectivity index (χ0) is 30.5. The maximum Gasteiger partial charge on any atom is 0.335 e. The third kappa shape index (κ3) is 6.90. The number of nitrogens with one attached hydrogen (secondary N) is 1. The van der Waals surface area contributed by atoms with Crippen molar-refractivity contribution in [2.45, 2.75) is 13.2 Å². The number of hydrogen-bond donors (Lipinski definition) is 2. The largest absolute Gasteiger partial charge is 0.508 e. The van der Waals surface area contributed by atoms with Crippen molar-refractivity contribution < 1.29 is 33.7 Å². The molecule has 4 aromatic rings. The van der Waals surface area contributed by atoms with Gasteiger partial charge in [-0.15, -0.1) is 0 Å². The first-order chi connectivity index (χ1) is 20.7. The Balaban J connectivity index is 1.30. The zero-order valence-electron chi connectivity index (χ0n) is 22.7. The summed E-state index contributed by atoms with van der Waals surface area (Å²) >= 11 is 7.02. The number of methoxy groups -OCH3 is 1. The van der Waals surface area contributed by atoms with Crippen molar-refractivity contribution >= 4 is 61.5 Å². The van der Waals surface area contributed by atoms with E-state index in [-0.39, 0.29) is 23.6 Å². The Kier molecular flexibility index (Phi) is 9.13. The molecule has 4 aromatic carbocycles. The number of hydrogen-bond acceptors (Lipinski definition) is 7. The summed E-state index contributed by atoms with van der Waals surface area (Å²) in [5, 5.41) is 11.7. The molecule has 9 nitrogen and oxygen atoms in total. The normalized spacial score (nSPS) is 14.1. The minimum absolute atomic E-state index is 0.0264. The van der Waals surface area contributed by atoms with Crippen molar-refractivity contribution in [2.75, 3.05) is 12.0 Å². The van der Waals surface area contributed by atoms with E-state index in [9.17, 15) is 19.5 Å². The molecule has 0 bridgehead atoms. The second-order valence-corrected chi connectivity index (χ2v) is 11.0. The minimum Gasteiger partial charge on any atom is -0.508 e. The van der Waals surface area contributed by atoms with Crippen LogP contribution < -0.4 is 24.4 Å². The van der Waals surface area contributed by atoms with E-state index in [2.05, 4.69) is 37.2 Å². The highest BCUT2D eigenvalue weighted by molar-refractivity contribution is 9.11. The molecule has 0 radical (unpaired) electrons. The number of benzene rings is 4. The van der Waals surface area contributed by atoms with E-state index in [1.807, 2.05) is 48.5 Å². The lowest BCUT2D eigenvalue weighted by Gasteiger charge is -2.26. The van der Waals surface area contributed by atoms with E-state index in [1.165, 1.54) is 30.3 Å². The van der Waals surface area contributed by atoms with Crippen LogP contribution in [0.3, 0.4) is 0 Å². The van der Waals surface area contributed by atoms with Gasteiger partial charge in [0, 0.05) is 0 Å². The summed E-state index contributed by atoms with van der Waals surface area (Å²) in [6, 6.07) is 23.4. The number of phenolic OH excluding ortho intramolecular Hbond substituents is 1. The van der Waals surface area contributed by atoms with Crippen molar-refractivity contribution in [1.29, 1.82) is 0 Å². The molecule has 0 saturated carbocycles. The molecule has 43 heavy (non-hydrogen) atoms. The van der Waals surface area contributed by atoms with Crippen LogP contribution in [0.2, 0.25) is 0 Å². The smallest absolute Gasteiger partial charge is 0.335 e. The van der Waals surface area contributed by atoms with Gasteiger partial charge in [0.2, 0.25) is 0 Å². The van der Waals surface area contributed by atoms with Crippen molar-refractivity contribution in [3.8, 4) is 23.0 Å². The van der Waals surface area contributed by atoms with Crippen LogP contribution in [0.5, 0.6) is 23.0 Å². The lowest BCUT2D eigenvalue weighted by Crippen LogP contribution is -2.54. The summed E-state index contributed by atoms with van der Waals surface area (Å²) < 4.78 is 18.7. The molecule has 0 atom stereocenters. The summed E-state index contributed by atoms with van der Waals surface area (Å²) in [6.45, 7) is 0.630. The number of urea groups is 1. The Morgan fingerprint density at radius 3 is 2.16 bits per heavy atom. The Morgan fingerprint density at radius 1 is 0.814 bits per heavy atom. The number of nitrogens with zero attached hydrogens (tertiary/aromatic N) is 1. The van der Waals surface area contributed by atoms with Gasteiger partial charge in [-0.3, -0.25) is 14.9 Å². The number of barbiturate groups is 1. The number of amides is 4. The van der Waals surface area contributed by atoms with Gasteiger partial charge in [0.15, 0.2) is 11.5 Å². The summed E-state index contributed by atoms with van der Waals surface area (Å²) in [6.07, 6.45) is 1.38. The highest BCUT2D eigenvalue weighted by Crippen LogP contribution is 2.37. The van der Waals surface area contributed by atoms with Gasteiger partial charge < -0.3 is 19.3 Å². The third-order valence-corrected chi connectivity index (χ3v) is 7.57. The highest BCUT2D eigenvalue weighted by atomic mass is 79.9. The molecule has 2 N–H and O–H groups in total. The van der Waals surface area contributed by atoms with Gasteiger partial charge in [-0.05, 0) is 103 Å². The van der Waals surface area contributed by atoms with Gasteiger partial charge in [0.1, 0.15) is 30.3 Å². The van der Waals surface area contributed by atoms with Crippen LogP contribution in [0.4, 0.5) is 10.5 Å². The van der Waals surface area contributed by atoms with Crippen LogP contribution in [0.1, 0.15) is 16.7 Å². The molecule has 1 aliphatic rings. The first-order valence-corrected chi connectivity index (χ1v) is 14.5. The molecular weight excluding hydrogens is 684 g/mol. The summed E-state index contributed by atoms with van der Waals surface area (Å²) in [5.74, 6) is 0.0569. The molecule has 0 spiro atoms. The molecule has 1 fully saturated rings. The van der Waals surface area contributed by atoms with Crippen LogP contribution in [0.15, 0.2) is 99.4 Å². The molecule has 218 valence electrons. The number of imide groups is 2. The predicted molar refractivity (Wildman–Crippen MR) is 167 cm³/mol. The summed E-state index contributed by atoms with van der Waals surface area (Å²) in [7, 11) is 1.58. The molecular formula is C32H24Br2N2O7. The van der Waals surface area contributed by atoms with Gasteiger partial charge in [0.05, 0.1) is 21.7 Å². The number of carbonyl (C=O) groups excluding carboxylic acids is 3. The molecule has 0 aliphatic carbocycles. The second kappa shape index (κ2) is 13.1. The fourth-order valence-corrected chi connectivity index (χ4v) is 5.72. The van der Waals surface area contributed by atoms with Crippen LogP contribution in [0, 0.1) is 0 Å². The average molecular weight is 708 g/mol. The zero-order valence-corrected chi connectivity index (χ0v) is 25.8. The van der Waals surface area contributed by atoms with Crippen LogP contribution >= 0.6 is 31.9 Å². The number of phenols is 1. The average Bonchev–Trinajstić information content (AvgIpc) is 2.99. The molecule has 4 amide bonds. The van der Waals surface area contributed by atoms with Gasteiger partial charge in [-0.1, -0.05) is 36.4 Å². The van der Waals surface area contributed by atoms with Crippen LogP contribution in [-0.4, -0.2) is 30.1 Å². The van der Waals surface area contributed by atoms with Gasteiger partial charge >= 0.3 is 6.03 Å². The molecule has 1 heterocycles. The van der Waals surface area contributed by atoms with E-state index < -0.39 is 17.8 Å². The fourth-order valence-electron chi connectivity index (χ4n) is 4.27. The number of halogens is 2. The SMILES string of the molecule is COc1cc(COc2c(Br)cc(/C=C3/C(=O)NC(=O)N(c4ccc(O)cc4)C3=O)cc2Br)ccc1OCc1ccccc1. The molecule has 0 unspecified atom stereocenters. The summed E-state index contributed by atoms with van der Waals surface area (Å²) in [4.78, 5) is 39.0. The first-order valence-electron chi connectivity index (χ1n) is 12.9. The lowest BCUT2D eigenvalue weighted by atomic mass is 10.1. The monoisotopic (exact) mass is 706 g/mol. The number of carbonyl (C=O) groups is 3. The summed E-state index contributed by atoms with van der Waals surface area (Å²) in [5.41, 5.74) is 2.37. The Labute approximate surface area is 263 Å². The van der Waals surface area contributed by atoms with E-state index in [1.54, 1.807) is 19.2 Å². The number of ether oxygens (including phenoxy) is 3. The topological polar surface area (TPSA) is 114 Å². The van der Waals surface area contributed by atoms with Crippen molar-refractivity contribution in [1.82, 2.24) is 5.32 Å². The number of anilines is 1. The van der Waals surface area contributed by atoms with Gasteiger partial charge in [0.25, 0.3) is 11.8 Å². The minimum atomic E-state index is -0.878. The number of aromatic hydroxyl groups is 1. The maximum absolute atomic E-state index is 13.2. The second-order valence-electron chi connectivity index (χ2n) is 9.34. The van der Waals surface area contributed by atoms with Crippen molar-refractivity contribution in [3.63, 3.8) is 0 Å². The molecule has 5 rings (SSSR count). The van der Waals surface area contributed by atoms with E-state index in [0.717, 1.165) is 16.0 Å². The fraction of sp³-hybridized carbons (Fsp3) is 0.0938. The predicted octanol–water partition coefficient (Wildman–Crippen LogP) is 6.75. The number of rotatable bonds is 9. The standard InChI is InChI=1S/C32H24Br2N2O7/c1-41-28-16-20(7-12-27(28)42-17-19-5-3-2-4-6-19)18-43-29-25(33)14-21(15-26(29)34)13-24-30(38)35-32(40)36(31(24)39)22-8-10-23(37)11-9-22/h2-16,37H,17-18H2,1H3,(H,35,38,40)/b24-13-. The Bertz CT molecular complexity index is 1700. The maximum atomic E-state index is 13.2. The first kappa shape index (κ1) is 29.9. The molecule has 0 aromatic heterocycles. The van der Waals surface area contributed by atoms with Crippen molar-refractivity contribution in [3.05, 3.63) is 116 Å². The molecule has 1 aliphatic heterocycles. The Morgan fingerprint density at radius 2 is 1.49 bits per heavy atom. The van der Waals surface area contributed by atoms with Crippen LogP contribution in [0.25, 0.3) is 6.08 Å². The van der Waals surface area contributed by atoms with Gasteiger partial charge in [-0.25, -0.2) is 9.69 Å². The van der Waals surface area contributed by atoms with E-state index in [4.69, 9.17) is 14.2 Å². The lowest BCUT2D eigenvalue weighted by molar-refractivity contribution is -0.122.